The molecule has 0 heterocycles. The Balaban J connectivity index is 1.42. The fourth-order valence-electron chi connectivity index (χ4n) is 4.69. The molecule has 4 aromatic rings. The summed E-state index contributed by atoms with van der Waals surface area (Å²) in [5.41, 5.74) is 3.11. The first-order valence-electron chi connectivity index (χ1n) is 14.2. The highest BCUT2D eigenvalue weighted by atomic mass is 35.5. The van der Waals surface area contributed by atoms with E-state index in [1.165, 1.54) is 7.11 Å². The van der Waals surface area contributed by atoms with E-state index in [9.17, 15) is 14.4 Å². The van der Waals surface area contributed by atoms with Crippen molar-refractivity contribution in [1.82, 2.24) is 0 Å². The van der Waals surface area contributed by atoms with Gasteiger partial charge >= 0.3 is 5.97 Å². The predicted octanol–water partition coefficient (Wildman–Crippen LogP) is 6.98. The molecule has 0 aliphatic heterocycles. The smallest absolute Gasteiger partial charge is 0.328 e. The normalized spacial score (nSPS) is 11.3. The minimum atomic E-state index is -0.727. The van der Waals surface area contributed by atoms with Crippen molar-refractivity contribution in [1.29, 1.82) is 0 Å². The standard InChI is InChI=1S/C35H35ClN2O5/c1-3-11-33(39)38(32-17-10-8-15-29(32)36)22-23-43-27-20-18-25(19-21-27)24-31(35(41)42-2)37-30-16-9-7-14-28(30)34(40)26-12-5-4-6-13-26/h4-10,12-21,31,37H,3,11,22-24H2,1-2H3. The Bertz CT molecular complexity index is 1530. The highest BCUT2D eigenvalue weighted by molar-refractivity contribution is 6.33. The van der Waals surface area contributed by atoms with Crippen LogP contribution < -0.4 is 15.0 Å². The molecular weight excluding hydrogens is 564 g/mol. The fraction of sp³-hybridized carbons (Fsp3) is 0.229. The first-order chi connectivity index (χ1) is 20.9. The van der Waals surface area contributed by atoms with Crippen molar-refractivity contribution in [2.75, 3.05) is 30.5 Å². The van der Waals surface area contributed by atoms with Crippen LogP contribution in [0.15, 0.2) is 103 Å². The zero-order valence-electron chi connectivity index (χ0n) is 24.3. The Morgan fingerprint density at radius 1 is 0.860 bits per heavy atom. The van der Waals surface area contributed by atoms with Crippen LogP contribution in [0.25, 0.3) is 0 Å². The summed E-state index contributed by atoms with van der Waals surface area (Å²) in [6.07, 6.45) is 1.48. The van der Waals surface area contributed by atoms with Crippen LogP contribution in [0.3, 0.4) is 0 Å². The van der Waals surface area contributed by atoms with Crippen LogP contribution in [0.4, 0.5) is 11.4 Å². The molecule has 1 unspecified atom stereocenters. The van der Waals surface area contributed by atoms with Gasteiger partial charge < -0.3 is 19.7 Å². The Labute approximate surface area is 257 Å². The molecule has 7 nitrogen and oxygen atoms in total. The van der Waals surface area contributed by atoms with E-state index < -0.39 is 12.0 Å². The highest BCUT2D eigenvalue weighted by Gasteiger charge is 2.23. The summed E-state index contributed by atoms with van der Waals surface area (Å²) in [6, 6.07) is 30.1. The van der Waals surface area contributed by atoms with Gasteiger partial charge in [-0.05, 0) is 48.4 Å². The monoisotopic (exact) mass is 598 g/mol. The summed E-state index contributed by atoms with van der Waals surface area (Å²) in [4.78, 5) is 40.4. The third-order valence-electron chi connectivity index (χ3n) is 6.88. The van der Waals surface area contributed by atoms with Crippen molar-refractivity contribution >= 4 is 40.6 Å². The van der Waals surface area contributed by atoms with Gasteiger partial charge in [0.25, 0.3) is 0 Å². The van der Waals surface area contributed by atoms with Gasteiger partial charge in [-0.3, -0.25) is 9.59 Å². The molecule has 0 aliphatic rings. The molecule has 0 bridgehead atoms. The lowest BCUT2D eigenvalue weighted by Gasteiger charge is -2.24. The molecule has 0 aromatic heterocycles. The van der Waals surface area contributed by atoms with Crippen molar-refractivity contribution in [3.8, 4) is 5.75 Å². The third-order valence-corrected chi connectivity index (χ3v) is 7.20. The molecular formula is C35H35ClN2O5. The number of methoxy groups -OCH3 is 1. The van der Waals surface area contributed by atoms with Gasteiger partial charge in [0.1, 0.15) is 18.4 Å². The SMILES string of the molecule is CCCC(=O)N(CCOc1ccc(CC(Nc2ccccc2C(=O)c2ccccc2)C(=O)OC)cc1)c1ccccc1Cl. The van der Waals surface area contributed by atoms with E-state index in [2.05, 4.69) is 5.32 Å². The van der Waals surface area contributed by atoms with Crippen LogP contribution in [-0.2, 0) is 20.7 Å². The molecule has 1 amide bonds. The maximum Gasteiger partial charge on any atom is 0.328 e. The molecule has 0 spiro atoms. The van der Waals surface area contributed by atoms with Gasteiger partial charge in [0.05, 0.1) is 24.4 Å². The molecule has 43 heavy (non-hydrogen) atoms. The zero-order valence-corrected chi connectivity index (χ0v) is 25.1. The van der Waals surface area contributed by atoms with E-state index >= 15 is 0 Å². The van der Waals surface area contributed by atoms with Gasteiger partial charge in [0.15, 0.2) is 5.78 Å². The summed E-state index contributed by atoms with van der Waals surface area (Å²) in [5, 5.41) is 3.74. The number of hydrogen-bond acceptors (Lipinski definition) is 6. The molecule has 0 fully saturated rings. The van der Waals surface area contributed by atoms with Gasteiger partial charge in [0.2, 0.25) is 5.91 Å². The number of nitrogens with one attached hydrogen (secondary N) is 1. The number of hydrogen-bond donors (Lipinski definition) is 1. The molecule has 1 N–H and O–H groups in total. The maximum atomic E-state index is 13.2. The number of ketones is 1. The summed E-state index contributed by atoms with van der Waals surface area (Å²) >= 11 is 6.36. The molecule has 0 saturated heterocycles. The topological polar surface area (TPSA) is 84.9 Å². The third kappa shape index (κ3) is 8.46. The van der Waals surface area contributed by atoms with E-state index in [1.54, 1.807) is 41.3 Å². The lowest BCUT2D eigenvalue weighted by atomic mass is 10.00. The second-order valence-electron chi connectivity index (χ2n) is 9.90. The van der Waals surface area contributed by atoms with Gasteiger partial charge in [0, 0.05) is 29.7 Å². The minimum absolute atomic E-state index is 0.0112. The number of para-hydroxylation sites is 2. The highest BCUT2D eigenvalue weighted by Crippen LogP contribution is 2.26. The number of carbonyl (C=O) groups excluding carboxylic acids is 3. The number of ether oxygens (including phenoxy) is 2. The largest absolute Gasteiger partial charge is 0.492 e. The lowest BCUT2D eigenvalue weighted by molar-refractivity contribution is -0.141. The van der Waals surface area contributed by atoms with Crippen molar-refractivity contribution in [3.63, 3.8) is 0 Å². The van der Waals surface area contributed by atoms with E-state index in [0.29, 0.717) is 52.7 Å². The molecule has 0 aliphatic carbocycles. The van der Waals surface area contributed by atoms with Crippen molar-refractivity contribution in [3.05, 3.63) is 125 Å². The number of amides is 1. The zero-order chi connectivity index (χ0) is 30.6. The first kappa shape index (κ1) is 31.3. The molecule has 4 rings (SSSR count). The summed E-state index contributed by atoms with van der Waals surface area (Å²) in [7, 11) is 1.34. The summed E-state index contributed by atoms with van der Waals surface area (Å²) in [5.74, 6) is 0.0344. The lowest BCUT2D eigenvalue weighted by Crippen LogP contribution is -2.34. The van der Waals surface area contributed by atoms with Crippen LogP contribution in [0, 0.1) is 0 Å². The van der Waals surface area contributed by atoms with Crippen LogP contribution in [0.1, 0.15) is 41.3 Å². The Morgan fingerprint density at radius 2 is 1.53 bits per heavy atom. The first-order valence-corrected chi connectivity index (χ1v) is 14.6. The number of benzene rings is 4. The number of nitrogens with zero attached hydrogens (tertiary/aromatic N) is 1. The Hall–Kier alpha value is -4.62. The Kier molecular flexibility index (Phi) is 11.3. The number of esters is 1. The van der Waals surface area contributed by atoms with E-state index in [4.69, 9.17) is 21.1 Å². The van der Waals surface area contributed by atoms with Crippen LogP contribution in [-0.4, -0.2) is 44.0 Å². The van der Waals surface area contributed by atoms with Gasteiger partial charge in [-0.2, -0.15) is 0 Å². The predicted molar refractivity (Wildman–Crippen MR) is 170 cm³/mol. The maximum absolute atomic E-state index is 13.2. The van der Waals surface area contributed by atoms with Crippen LogP contribution in [0.2, 0.25) is 5.02 Å². The minimum Gasteiger partial charge on any atom is -0.492 e. The van der Waals surface area contributed by atoms with Gasteiger partial charge in [-0.1, -0.05) is 85.3 Å². The van der Waals surface area contributed by atoms with Crippen molar-refractivity contribution < 1.29 is 23.9 Å². The number of carbonyl (C=O) groups is 3. The fourth-order valence-corrected chi connectivity index (χ4v) is 4.92. The van der Waals surface area contributed by atoms with Crippen molar-refractivity contribution in [2.24, 2.45) is 0 Å². The van der Waals surface area contributed by atoms with E-state index in [-0.39, 0.29) is 18.3 Å². The van der Waals surface area contributed by atoms with Crippen molar-refractivity contribution in [2.45, 2.75) is 32.2 Å². The van der Waals surface area contributed by atoms with Gasteiger partial charge in [-0.15, -0.1) is 0 Å². The Morgan fingerprint density at radius 3 is 2.23 bits per heavy atom. The number of rotatable bonds is 14. The molecule has 0 saturated carbocycles. The van der Waals surface area contributed by atoms with E-state index in [0.717, 1.165) is 12.0 Å². The summed E-state index contributed by atoms with van der Waals surface area (Å²) < 4.78 is 11.0. The second-order valence-corrected chi connectivity index (χ2v) is 10.3. The molecule has 222 valence electrons. The van der Waals surface area contributed by atoms with Gasteiger partial charge in [-0.25, -0.2) is 4.79 Å². The quantitative estimate of drug-likeness (QED) is 0.124. The summed E-state index contributed by atoms with van der Waals surface area (Å²) in [6.45, 7) is 2.59. The average molecular weight is 599 g/mol. The van der Waals surface area contributed by atoms with Crippen LogP contribution in [0.5, 0.6) is 5.75 Å². The number of halogens is 1. The molecule has 1 atom stereocenters. The number of anilines is 2. The molecule has 4 aromatic carbocycles. The second kappa shape index (κ2) is 15.6. The van der Waals surface area contributed by atoms with E-state index in [1.807, 2.05) is 73.7 Å². The molecule has 8 heteroatoms. The average Bonchev–Trinajstić information content (AvgIpc) is 3.04. The van der Waals surface area contributed by atoms with Crippen LogP contribution >= 0.6 is 11.6 Å². The molecule has 0 radical (unpaired) electrons.